The first-order valence-electron chi connectivity index (χ1n) is 7.78. The van der Waals surface area contributed by atoms with Gasteiger partial charge in [-0.1, -0.05) is 17.7 Å². The van der Waals surface area contributed by atoms with Crippen LogP contribution in [0.2, 0.25) is 5.02 Å². The molecular formula is C17H18ClFN2O3S. The Morgan fingerprint density at radius 3 is 2.56 bits per heavy atom. The average Bonchev–Trinajstić information content (AvgIpc) is 2.58. The van der Waals surface area contributed by atoms with Crippen LogP contribution in [0.3, 0.4) is 0 Å². The van der Waals surface area contributed by atoms with Crippen LogP contribution in [0.1, 0.15) is 5.56 Å². The molecule has 25 heavy (non-hydrogen) atoms. The van der Waals surface area contributed by atoms with Crippen LogP contribution in [-0.4, -0.2) is 34.7 Å². The van der Waals surface area contributed by atoms with Gasteiger partial charge >= 0.3 is 0 Å². The van der Waals surface area contributed by atoms with Crippen LogP contribution in [0.4, 0.5) is 15.8 Å². The second kappa shape index (κ2) is 7.19. The Bertz CT molecular complexity index is 883. The highest BCUT2D eigenvalue weighted by atomic mass is 35.5. The number of sulfonamides is 1. The van der Waals surface area contributed by atoms with Gasteiger partial charge in [0, 0.05) is 18.1 Å². The smallest absolute Gasteiger partial charge is 0.262 e. The number of morpholine rings is 1. The predicted octanol–water partition coefficient (Wildman–Crippen LogP) is 3.42. The molecule has 1 N–H and O–H groups in total. The summed E-state index contributed by atoms with van der Waals surface area (Å²) in [6, 6.07) is 8.84. The Hall–Kier alpha value is -1.83. The van der Waals surface area contributed by atoms with Crippen LogP contribution in [-0.2, 0) is 14.8 Å². The third kappa shape index (κ3) is 4.05. The van der Waals surface area contributed by atoms with E-state index in [1.54, 1.807) is 25.1 Å². The number of nitrogens with one attached hydrogen (secondary N) is 1. The highest BCUT2D eigenvalue weighted by molar-refractivity contribution is 7.92. The van der Waals surface area contributed by atoms with Gasteiger partial charge in [-0.3, -0.25) is 4.72 Å². The zero-order chi connectivity index (χ0) is 18.0. The molecule has 0 amide bonds. The summed E-state index contributed by atoms with van der Waals surface area (Å²) in [6.07, 6.45) is 0. The van der Waals surface area contributed by atoms with Gasteiger partial charge in [0.05, 0.1) is 29.5 Å². The second-order valence-corrected chi connectivity index (χ2v) is 7.90. The molecule has 2 aromatic rings. The monoisotopic (exact) mass is 384 g/mol. The Balaban J connectivity index is 1.95. The first-order chi connectivity index (χ1) is 11.9. The van der Waals surface area contributed by atoms with Crippen LogP contribution >= 0.6 is 11.6 Å². The molecule has 1 heterocycles. The fourth-order valence-corrected chi connectivity index (χ4v) is 3.86. The molecule has 0 atom stereocenters. The van der Waals surface area contributed by atoms with Crippen LogP contribution in [0.5, 0.6) is 0 Å². The molecular weight excluding hydrogens is 367 g/mol. The van der Waals surface area contributed by atoms with Gasteiger partial charge in [0.15, 0.2) is 0 Å². The maximum Gasteiger partial charge on any atom is 0.262 e. The van der Waals surface area contributed by atoms with Crippen molar-refractivity contribution in [2.75, 3.05) is 35.9 Å². The molecule has 1 aliphatic heterocycles. The summed E-state index contributed by atoms with van der Waals surface area (Å²) in [7, 11) is -3.94. The normalized spacial score (nSPS) is 15.2. The zero-order valence-electron chi connectivity index (χ0n) is 13.6. The van der Waals surface area contributed by atoms with E-state index in [1.807, 2.05) is 4.90 Å². The lowest BCUT2D eigenvalue weighted by Gasteiger charge is -2.30. The standard InChI is InChI=1S/C17H18ClFN2O3S/c1-12-2-4-14(11-15(12)19)25(22,23)20-16-10-13(18)3-5-17(16)21-6-8-24-9-7-21/h2-5,10-11,20H,6-9H2,1H3. The minimum atomic E-state index is -3.94. The number of hydrogen-bond donors (Lipinski definition) is 1. The van der Waals surface area contributed by atoms with E-state index in [0.717, 1.165) is 6.07 Å². The number of halogens is 2. The first kappa shape index (κ1) is 18.0. The lowest BCUT2D eigenvalue weighted by molar-refractivity contribution is 0.123. The summed E-state index contributed by atoms with van der Waals surface area (Å²) >= 11 is 6.04. The van der Waals surface area contributed by atoms with Gasteiger partial charge in [-0.15, -0.1) is 0 Å². The van der Waals surface area contributed by atoms with E-state index >= 15 is 0 Å². The number of hydrogen-bond acceptors (Lipinski definition) is 4. The first-order valence-corrected chi connectivity index (χ1v) is 9.64. The van der Waals surface area contributed by atoms with Crippen molar-refractivity contribution in [3.8, 4) is 0 Å². The minimum Gasteiger partial charge on any atom is -0.378 e. The van der Waals surface area contributed by atoms with Crippen molar-refractivity contribution in [3.05, 3.63) is 52.8 Å². The zero-order valence-corrected chi connectivity index (χ0v) is 15.2. The molecule has 1 aliphatic rings. The van der Waals surface area contributed by atoms with Gasteiger partial charge in [-0.05, 0) is 42.8 Å². The summed E-state index contributed by atoms with van der Waals surface area (Å²) < 4.78 is 46.9. The molecule has 0 unspecified atom stereocenters. The maximum atomic E-state index is 13.7. The summed E-state index contributed by atoms with van der Waals surface area (Å²) in [5.74, 6) is -0.567. The lowest BCUT2D eigenvalue weighted by Crippen LogP contribution is -2.36. The van der Waals surface area contributed by atoms with Crippen molar-refractivity contribution >= 4 is 33.0 Å². The Kier molecular flexibility index (Phi) is 5.17. The van der Waals surface area contributed by atoms with Crippen LogP contribution < -0.4 is 9.62 Å². The topological polar surface area (TPSA) is 58.6 Å². The number of nitrogens with zero attached hydrogens (tertiary/aromatic N) is 1. The van der Waals surface area contributed by atoms with E-state index < -0.39 is 15.8 Å². The van der Waals surface area contributed by atoms with Crippen molar-refractivity contribution in [1.82, 2.24) is 0 Å². The van der Waals surface area contributed by atoms with Gasteiger partial charge in [0.1, 0.15) is 5.82 Å². The molecule has 0 bridgehead atoms. The molecule has 0 saturated carbocycles. The Morgan fingerprint density at radius 1 is 1.16 bits per heavy atom. The van der Waals surface area contributed by atoms with E-state index in [1.165, 1.54) is 12.1 Å². The van der Waals surface area contributed by atoms with Gasteiger partial charge in [-0.25, -0.2) is 12.8 Å². The fourth-order valence-electron chi connectivity index (χ4n) is 2.61. The molecule has 1 saturated heterocycles. The molecule has 134 valence electrons. The highest BCUT2D eigenvalue weighted by Crippen LogP contribution is 2.31. The summed E-state index contributed by atoms with van der Waals surface area (Å²) in [5.41, 5.74) is 1.45. The maximum absolute atomic E-state index is 13.7. The van der Waals surface area contributed by atoms with Crippen LogP contribution in [0.15, 0.2) is 41.3 Å². The SMILES string of the molecule is Cc1ccc(S(=O)(=O)Nc2cc(Cl)ccc2N2CCOCC2)cc1F. The quantitative estimate of drug-likeness (QED) is 0.877. The van der Waals surface area contributed by atoms with E-state index in [9.17, 15) is 12.8 Å². The van der Waals surface area contributed by atoms with Gasteiger partial charge in [0.2, 0.25) is 0 Å². The number of benzene rings is 2. The molecule has 1 fully saturated rings. The van der Waals surface area contributed by atoms with Gasteiger partial charge in [0.25, 0.3) is 10.0 Å². The highest BCUT2D eigenvalue weighted by Gasteiger charge is 2.21. The lowest BCUT2D eigenvalue weighted by atomic mass is 10.2. The van der Waals surface area contributed by atoms with Crippen LogP contribution in [0, 0.1) is 12.7 Å². The summed E-state index contributed by atoms with van der Waals surface area (Å²) in [5, 5.41) is 0.407. The molecule has 0 aromatic heterocycles. The third-order valence-electron chi connectivity index (χ3n) is 4.01. The fraction of sp³-hybridized carbons (Fsp3) is 0.294. The molecule has 0 aliphatic carbocycles. The summed E-state index contributed by atoms with van der Waals surface area (Å²) in [6.45, 7) is 4.01. The van der Waals surface area contributed by atoms with Gasteiger partial charge in [-0.2, -0.15) is 0 Å². The number of anilines is 2. The second-order valence-electron chi connectivity index (χ2n) is 5.78. The molecule has 5 nitrogen and oxygen atoms in total. The molecule has 0 radical (unpaired) electrons. The number of ether oxygens (including phenoxy) is 1. The predicted molar refractivity (Wildman–Crippen MR) is 96.4 cm³/mol. The van der Waals surface area contributed by atoms with E-state index in [2.05, 4.69) is 4.72 Å². The third-order valence-corrected chi connectivity index (χ3v) is 5.61. The van der Waals surface area contributed by atoms with E-state index in [4.69, 9.17) is 16.3 Å². The van der Waals surface area contributed by atoms with Crippen LogP contribution in [0.25, 0.3) is 0 Å². The largest absolute Gasteiger partial charge is 0.378 e. The molecule has 2 aromatic carbocycles. The van der Waals surface area contributed by atoms with Crippen molar-refractivity contribution in [2.45, 2.75) is 11.8 Å². The van der Waals surface area contributed by atoms with E-state index in [-0.39, 0.29) is 4.90 Å². The molecule has 8 heteroatoms. The Morgan fingerprint density at radius 2 is 1.88 bits per heavy atom. The van der Waals surface area contributed by atoms with Crippen molar-refractivity contribution in [3.63, 3.8) is 0 Å². The average molecular weight is 385 g/mol. The van der Waals surface area contributed by atoms with Crippen molar-refractivity contribution in [2.24, 2.45) is 0 Å². The van der Waals surface area contributed by atoms with E-state index in [0.29, 0.717) is 48.3 Å². The van der Waals surface area contributed by atoms with Crippen molar-refractivity contribution in [1.29, 1.82) is 0 Å². The Labute approximate surface area is 151 Å². The molecule has 3 rings (SSSR count). The number of aryl methyl sites for hydroxylation is 1. The van der Waals surface area contributed by atoms with Gasteiger partial charge < -0.3 is 9.64 Å². The molecule has 0 spiro atoms. The minimum absolute atomic E-state index is 0.136. The number of rotatable bonds is 4. The summed E-state index contributed by atoms with van der Waals surface area (Å²) in [4.78, 5) is 1.89. The van der Waals surface area contributed by atoms with Crippen molar-refractivity contribution < 1.29 is 17.5 Å².